The average molecular weight is 426 g/mol. The molecule has 1 aromatic carbocycles. The van der Waals surface area contributed by atoms with E-state index in [0.29, 0.717) is 43.2 Å². The third kappa shape index (κ3) is 3.50. The van der Waals surface area contributed by atoms with Crippen LogP contribution in [0.2, 0.25) is 5.02 Å². The number of piperazine rings is 1. The summed E-state index contributed by atoms with van der Waals surface area (Å²) in [6, 6.07) is 4.36. The molecule has 0 atom stereocenters. The molecule has 0 amide bonds. The molecule has 4 rings (SSSR count). The lowest BCUT2D eigenvalue weighted by molar-refractivity contribution is 0.387. The number of nitrogens with zero attached hydrogens (tertiary/aromatic N) is 5. The van der Waals surface area contributed by atoms with Gasteiger partial charge in [0, 0.05) is 49.9 Å². The van der Waals surface area contributed by atoms with Crippen LogP contribution in [-0.2, 0) is 10.0 Å². The number of phenols is 1. The summed E-state index contributed by atoms with van der Waals surface area (Å²) in [5.74, 6) is -0.386. The first kappa shape index (κ1) is 18.9. The molecule has 3 heterocycles. The number of halogens is 2. The number of hydrogen-bond acceptors (Lipinski definition) is 6. The molecular weight excluding hydrogens is 409 g/mol. The van der Waals surface area contributed by atoms with Gasteiger partial charge in [0.1, 0.15) is 27.9 Å². The minimum Gasteiger partial charge on any atom is -0.506 e. The van der Waals surface area contributed by atoms with Crippen LogP contribution < -0.4 is 4.90 Å². The summed E-state index contributed by atoms with van der Waals surface area (Å²) in [7, 11) is -3.19. The third-order valence-corrected chi connectivity index (χ3v) is 6.34. The highest BCUT2D eigenvalue weighted by Crippen LogP contribution is 2.30. The number of sulfonamides is 1. The molecule has 148 valence electrons. The molecule has 28 heavy (non-hydrogen) atoms. The number of rotatable bonds is 3. The molecule has 1 saturated heterocycles. The highest BCUT2D eigenvalue weighted by atomic mass is 35.5. The van der Waals surface area contributed by atoms with Crippen molar-refractivity contribution >= 4 is 38.3 Å². The first-order valence-electron chi connectivity index (χ1n) is 8.46. The van der Waals surface area contributed by atoms with E-state index >= 15 is 0 Å². The summed E-state index contributed by atoms with van der Waals surface area (Å²) in [6.07, 6.45) is 4.52. The van der Waals surface area contributed by atoms with E-state index in [1.165, 1.54) is 27.4 Å². The van der Waals surface area contributed by atoms with Crippen LogP contribution in [0.3, 0.4) is 0 Å². The molecule has 0 aliphatic carbocycles. The van der Waals surface area contributed by atoms with Crippen molar-refractivity contribution in [1.82, 2.24) is 19.1 Å². The SMILES string of the molecule is CS(=O)(=O)N1CCN(c2cc3cn(-c4cc(O)c(Cl)c(F)c4)nc3cn2)CC1. The molecule has 0 unspecified atom stereocenters. The number of hydrogen-bond donors (Lipinski definition) is 1. The van der Waals surface area contributed by atoms with Gasteiger partial charge < -0.3 is 10.0 Å². The zero-order chi connectivity index (χ0) is 20.1. The van der Waals surface area contributed by atoms with Crippen LogP contribution in [0.4, 0.5) is 10.2 Å². The van der Waals surface area contributed by atoms with Crippen LogP contribution in [0, 0.1) is 5.82 Å². The lowest BCUT2D eigenvalue weighted by Gasteiger charge is -2.33. The number of aromatic nitrogens is 3. The molecule has 1 fully saturated rings. The summed E-state index contributed by atoms with van der Waals surface area (Å²) in [5, 5.41) is 14.5. The maximum atomic E-state index is 13.8. The van der Waals surface area contributed by atoms with Crippen LogP contribution in [0.15, 0.2) is 30.6 Å². The number of benzene rings is 1. The molecule has 1 N–H and O–H groups in total. The lowest BCUT2D eigenvalue weighted by Crippen LogP contribution is -2.48. The second-order valence-corrected chi connectivity index (χ2v) is 8.95. The Morgan fingerprint density at radius 2 is 1.89 bits per heavy atom. The van der Waals surface area contributed by atoms with E-state index in [0.717, 1.165) is 5.39 Å². The van der Waals surface area contributed by atoms with Gasteiger partial charge in [-0.3, -0.25) is 0 Å². The van der Waals surface area contributed by atoms with Gasteiger partial charge in [-0.25, -0.2) is 22.5 Å². The fourth-order valence-electron chi connectivity index (χ4n) is 3.16. The number of fused-ring (bicyclic) bond motifs is 1. The molecule has 11 heteroatoms. The van der Waals surface area contributed by atoms with E-state index in [4.69, 9.17) is 11.6 Å². The average Bonchev–Trinajstić information content (AvgIpc) is 3.08. The van der Waals surface area contributed by atoms with Gasteiger partial charge in [0.2, 0.25) is 10.0 Å². The Morgan fingerprint density at radius 1 is 1.18 bits per heavy atom. The van der Waals surface area contributed by atoms with Crippen molar-refractivity contribution in [3.63, 3.8) is 0 Å². The van der Waals surface area contributed by atoms with E-state index in [1.54, 1.807) is 12.4 Å². The van der Waals surface area contributed by atoms with Gasteiger partial charge >= 0.3 is 0 Å². The fourth-order valence-corrected chi connectivity index (χ4v) is 4.10. The lowest BCUT2D eigenvalue weighted by atomic mass is 10.2. The molecule has 3 aromatic rings. The summed E-state index contributed by atoms with van der Waals surface area (Å²) in [4.78, 5) is 6.42. The minimum atomic E-state index is -3.19. The van der Waals surface area contributed by atoms with Crippen LogP contribution in [0.25, 0.3) is 16.6 Å². The van der Waals surface area contributed by atoms with E-state index in [1.807, 2.05) is 11.0 Å². The second-order valence-electron chi connectivity index (χ2n) is 6.58. The van der Waals surface area contributed by atoms with Gasteiger partial charge in [-0.15, -0.1) is 0 Å². The predicted molar refractivity (Wildman–Crippen MR) is 104 cm³/mol. The van der Waals surface area contributed by atoms with Crippen LogP contribution in [0.1, 0.15) is 0 Å². The van der Waals surface area contributed by atoms with Crippen molar-refractivity contribution in [3.05, 3.63) is 41.4 Å². The zero-order valence-corrected chi connectivity index (χ0v) is 16.5. The normalized spacial score (nSPS) is 16.0. The number of phenolic OH excluding ortho intramolecular Hbond substituents is 1. The van der Waals surface area contributed by atoms with Gasteiger partial charge in [-0.05, 0) is 6.07 Å². The summed E-state index contributed by atoms with van der Waals surface area (Å²) >= 11 is 5.65. The highest BCUT2D eigenvalue weighted by Gasteiger charge is 2.24. The van der Waals surface area contributed by atoms with Crippen LogP contribution in [-0.4, -0.2) is 65.0 Å². The number of anilines is 1. The largest absolute Gasteiger partial charge is 0.506 e. The van der Waals surface area contributed by atoms with Crippen molar-refractivity contribution in [2.24, 2.45) is 0 Å². The van der Waals surface area contributed by atoms with Gasteiger partial charge in [-0.1, -0.05) is 11.6 Å². The molecule has 1 aliphatic heterocycles. The Kier molecular flexibility index (Phi) is 4.64. The zero-order valence-electron chi connectivity index (χ0n) is 14.9. The van der Waals surface area contributed by atoms with Crippen molar-refractivity contribution in [1.29, 1.82) is 0 Å². The Bertz CT molecular complexity index is 1140. The van der Waals surface area contributed by atoms with Gasteiger partial charge in [0.25, 0.3) is 0 Å². The van der Waals surface area contributed by atoms with Crippen molar-refractivity contribution in [3.8, 4) is 11.4 Å². The van der Waals surface area contributed by atoms with Gasteiger partial charge in [0.05, 0.1) is 18.1 Å². The Hall–Kier alpha value is -2.43. The summed E-state index contributed by atoms with van der Waals surface area (Å²) in [6.45, 7) is 1.88. The van der Waals surface area contributed by atoms with E-state index < -0.39 is 15.8 Å². The van der Waals surface area contributed by atoms with Crippen molar-refractivity contribution in [2.75, 3.05) is 37.3 Å². The molecule has 1 aliphatic rings. The maximum absolute atomic E-state index is 13.8. The molecule has 0 spiro atoms. The quantitative estimate of drug-likeness (QED) is 0.690. The first-order valence-corrected chi connectivity index (χ1v) is 10.7. The minimum absolute atomic E-state index is 0.332. The molecule has 0 bridgehead atoms. The summed E-state index contributed by atoms with van der Waals surface area (Å²) in [5.41, 5.74) is 0.937. The van der Waals surface area contributed by atoms with Crippen LogP contribution >= 0.6 is 11.6 Å². The number of pyridine rings is 1. The second kappa shape index (κ2) is 6.87. The Balaban J connectivity index is 1.61. The van der Waals surface area contributed by atoms with E-state index in [-0.39, 0.29) is 10.8 Å². The summed E-state index contributed by atoms with van der Waals surface area (Å²) < 4.78 is 40.0. The van der Waals surface area contributed by atoms with Crippen molar-refractivity contribution in [2.45, 2.75) is 0 Å². The van der Waals surface area contributed by atoms with Gasteiger partial charge in [-0.2, -0.15) is 9.40 Å². The van der Waals surface area contributed by atoms with Gasteiger partial charge in [0.15, 0.2) is 0 Å². The topological polar surface area (TPSA) is 91.6 Å². The molecular formula is C17H17ClFN5O3S. The predicted octanol–water partition coefficient (Wildman–Crippen LogP) is 2.00. The molecule has 0 radical (unpaired) electrons. The van der Waals surface area contributed by atoms with Crippen LogP contribution in [0.5, 0.6) is 5.75 Å². The first-order chi connectivity index (χ1) is 13.2. The molecule has 8 nitrogen and oxygen atoms in total. The molecule has 2 aromatic heterocycles. The highest BCUT2D eigenvalue weighted by molar-refractivity contribution is 7.88. The van der Waals surface area contributed by atoms with E-state index in [9.17, 15) is 17.9 Å². The Morgan fingerprint density at radius 3 is 2.54 bits per heavy atom. The number of aromatic hydroxyl groups is 1. The van der Waals surface area contributed by atoms with E-state index in [2.05, 4.69) is 10.1 Å². The van der Waals surface area contributed by atoms with Crippen molar-refractivity contribution < 1.29 is 17.9 Å². The molecule has 0 saturated carbocycles. The maximum Gasteiger partial charge on any atom is 0.211 e. The smallest absolute Gasteiger partial charge is 0.211 e. The fraction of sp³-hybridized carbons (Fsp3) is 0.294. The monoisotopic (exact) mass is 425 g/mol. The standard InChI is InChI=1S/C17H17ClFN5O3S/c1-28(26,27)23-4-2-22(3-5-23)16-6-11-10-24(21-14(11)9-20-16)12-7-13(19)17(18)15(25)8-12/h6-10,25H,2-5H2,1H3. The third-order valence-electron chi connectivity index (χ3n) is 4.67. The Labute approximate surface area is 165 Å².